The van der Waals surface area contributed by atoms with Crippen LogP contribution in [0.1, 0.15) is 24.0 Å². The molecule has 0 unspecified atom stereocenters. The average molecular weight is 460 g/mol. The third-order valence-electron chi connectivity index (χ3n) is 6.05. The van der Waals surface area contributed by atoms with Crippen molar-refractivity contribution in [2.24, 2.45) is 5.73 Å². The molecular formula is C27H33N5O2. The van der Waals surface area contributed by atoms with Crippen LogP contribution < -0.4 is 20.7 Å². The Hall–Kier alpha value is -3.42. The maximum Gasteiger partial charge on any atom is 0.241 e. The summed E-state index contributed by atoms with van der Waals surface area (Å²) >= 11 is 0. The highest BCUT2D eigenvalue weighted by molar-refractivity contribution is 5.99. The van der Waals surface area contributed by atoms with Crippen LogP contribution in [0.25, 0.3) is 10.8 Å². The zero-order chi connectivity index (χ0) is 24.1. The molecule has 7 heteroatoms. The van der Waals surface area contributed by atoms with Gasteiger partial charge >= 0.3 is 0 Å². The van der Waals surface area contributed by atoms with E-state index in [1.54, 1.807) is 0 Å². The molecule has 0 radical (unpaired) electrons. The molecule has 0 aromatic heterocycles. The van der Waals surface area contributed by atoms with Crippen LogP contribution in [0.4, 0.5) is 5.69 Å². The largest absolute Gasteiger partial charge is 0.490 e. The number of nitrogens with two attached hydrogens (primary N) is 1. The Morgan fingerprint density at radius 1 is 1.03 bits per heavy atom. The molecule has 178 valence electrons. The third kappa shape index (κ3) is 5.92. The standard InChI is InChI=1S/C27H33N5O2/c1-31(2)18-26(33)32(23-7-9-24(10-8-23)34-25-11-13-30-14-12-25)17-19-3-4-20-5-6-21(27(28)29)16-22(20)15-19/h3-10,15-16,25,30H,11-14,17-18H2,1-2H3,(H3,28,29). The predicted octanol–water partition coefficient (Wildman–Crippen LogP) is 3.35. The maximum absolute atomic E-state index is 13.2. The molecule has 1 aliphatic rings. The highest BCUT2D eigenvalue weighted by atomic mass is 16.5. The first-order chi connectivity index (χ1) is 16.4. The number of carbonyl (C=O) groups is 1. The molecule has 1 saturated heterocycles. The van der Waals surface area contributed by atoms with E-state index < -0.39 is 0 Å². The molecule has 0 bridgehead atoms. The lowest BCUT2D eigenvalue weighted by molar-refractivity contribution is -0.119. The van der Waals surface area contributed by atoms with E-state index in [1.165, 1.54) is 0 Å². The molecule has 7 nitrogen and oxygen atoms in total. The van der Waals surface area contributed by atoms with E-state index in [4.69, 9.17) is 15.9 Å². The molecule has 34 heavy (non-hydrogen) atoms. The third-order valence-corrected chi connectivity index (χ3v) is 6.05. The van der Waals surface area contributed by atoms with E-state index in [9.17, 15) is 4.79 Å². The number of benzene rings is 3. The molecule has 4 N–H and O–H groups in total. The van der Waals surface area contributed by atoms with E-state index in [0.717, 1.165) is 53.7 Å². The van der Waals surface area contributed by atoms with Gasteiger partial charge in [-0.3, -0.25) is 10.2 Å². The Balaban J connectivity index is 1.57. The van der Waals surface area contributed by atoms with E-state index in [1.807, 2.05) is 78.5 Å². The Morgan fingerprint density at radius 3 is 2.41 bits per heavy atom. The van der Waals surface area contributed by atoms with Gasteiger partial charge in [0.2, 0.25) is 5.91 Å². The molecule has 0 aliphatic carbocycles. The van der Waals surface area contributed by atoms with E-state index in [-0.39, 0.29) is 17.8 Å². The van der Waals surface area contributed by atoms with Crippen LogP contribution in [0.5, 0.6) is 5.75 Å². The Kier molecular flexibility index (Phi) is 7.45. The smallest absolute Gasteiger partial charge is 0.241 e. The van der Waals surface area contributed by atoms with Crippen molar-refractivity contribution < 1.29 is 9.53 Å². The number of nitrogen functional groups attached to an aromatic ring is 1. The summed E-state index contributed by atoms with van der Waals surface area (Å²) in [6, 6.07) is 19.7. The van der Waals surface area contributed by atoms with Crippen molar-refractivity contribution in [2.75, 3.05) is 38.6 Å². The number of fused-ring (bicyclic) bond motifs is 1. The monoisotopic (exact) mass is 459 g/mol. The molecule has 1 aliphatic heterocycles. The number of likely N-dealkylation sites (N-methyl/N-ethyl adjacent to an activating group) is 1. The molecule has 3 aromatic rings. The van der Waals surface area contributed by atoms with Gasteiger partial charge in [0.05, 0.1) is 13.1 Å². The first kappa shape index (κ1) is 23.7. The number of rotatable bonds is 8. The van der Waals surface area contributed by atoms with Crippen molar-refractivity contribution in [2.45, 2.75) is 25.5 Å². The molecule has 3 aromatic carbocycles. The van der Waals surface area contributed by atoms with Crippen molar-refractivity contribution in [3.05, 3.63) is 71.8 Å². The van der Waals surface area contributed by atoms with Gasteiger partial charge in [-0.25, -0.2) is 0 Å². The maximum atomic E-state index is 13.2. The van der Waals surface area contributed by atoms with Crippen molar-refractivity contribution in [3.63, 3.8) is 0 Å². The minimum absolute atomic E-state index is 0.0228. The number of anilines is 1. The molecule has 0 atom stereocenters. The Morgan fingerprint density at radius 2 is 1.74 bits per heavy atom. The van der Waals surface area contributed by atoms with Crippen molar-refractivity contribution >= 4 is 28.2 Å². The molecule has 1 heterocycles. The molecular weight excluding hydrogens is 426 g/mol. The van der Waals surface area contributed by atoms with E-state index in [2.05, 4.69) is 11.4 Å². The fourth-order valence-corrected chi connectivity index (χ4v) is 4.23. The van der Waals surface area contributed by atoms with Gasteiger partial charge < -0.3 is 25.6 Å². The number of hydrogen-bond donors (Lipinski definition) is 3. The van der Waals surface area contributed by atoms with Crippen LogP contribution >= 0.6 is 0 Å². The summed E-state index contributed by atoms with van der Waals surface area (Å²) < 4.78 is 6.13. The summed E-state index contributed by atoms with van der Waals surface area (Å²) in [7, 11) is 3.79. The second-order valence-electron chi connectivity index (χ2n) is 9.09. The van der Waals surface area contributed by atoms with Crippen molar-refractivity contribution in [1.82, 2.24) is 10.2 Å². The van der Waals surface area contributed by atoms with Gasteiger partial charge in [0.25, 0.3) is 0 Å². The number of nitrogens with one attached hydrogen (secondary N) is 2. The van der Waals surface area contributed by atoms with Crippen LogP contribution in [0, 0.1) is 5.41 Å². The molecule has 1 fully saturated rings. The van der Waals surface area contributed by atoms with Crippen LogP contribution in [0.15, 0.2) is 60.7 Å². The van der Waals surface area contributed by atoms with E-state index in [0.29, 0.717) is 18.7 Å². The second-order valence-corrected chi connectivity index (χ2v) is 9.09. The van der Waals surface area contributed by atoms with Crippen LogP contribution in [0.2, 0.25) is 0 Å². The Labute approximate surface area is 201 Å². The molecule has 0 spiro atoms. The van der Waals surface area contributed by atoms with Crippen molar-refractivity contribution in [1.29, 1.82) is 5.41 Å². The zero-order valence-corrected chi connectivity index (χ0v) is 19.9. The summed E-state index contributed by atoms with van der Waals surface area (Å²) in [6.07, 6.45) is 2.24. The lowest BCUT2D eigenvalue weighted by Gasteiger charge is -2.26. The Bertz CT molecular complexity index is 1150. The first-order valence-electron chi connectivity index (χ1n) is 11.7. The zero-order valence-electron chi connectivity index (χ0n) is 19.9. The summed E-state index contributed by atoms with van der Waals surface area (Å²) in [4.78, 5) is 16.9. The number of nitrogens with zero attached hydrogens (tertiary/aromatic N) is 2. The van der Waals surface area contributed by atoms with Gasteiger partial charge in [0.15, 0.2) is 0 Å². The highest BCUT2D eigenvalue weighted by Crippen LogP contribution is 2.25. The molecule has 4 rings (SSSR count). The lowest BCUT2D eigenvalue weighted by Crippen LogP contribution is -2.37. The van der Waals surface area contributed by atoms with Gasteiger partial charge in [-0.05, 0) is 92.8 Å². The minimum Gasteiger partial charge on any atom is -0.490 e. The van der Waals surface area contributed by atoms with Gasteiger partial charge in [-0.15, -0.1) is 0 Å². The number of piperidine rings is 1. The van der Waals surface area contributed by atoms with E-state index >= 15 is 0 Å². The average Bonchev–Trinajstić information content (AvgIpc) is 2.83. The van der Waals surface area contributed by atoms with Crippen molar-refractivity contribution in [3.8, 4) is 5.75 Å². The quantitative estimate of drug-likeness (QED) is 0.355. The summed E-state index contributed by atoms with van der Waals surface area (Å²) in [5, 5.41) is 13.1. The van der Waals surface area contributed by atoms with Gasteiger partial charge in [0.1, 0.15) is 17.7 Å². The number of amidine groups is 1. The topological polar surface area (TPSA) is 94.7 Å². The summed E-state index contributed by atoms with van der Waals surface area (Å²) in [5.41, 5.74) is 8.20. The van der Waals surface area contributed by atoms with Gasteiger partial charge in [0, 0.05) is 11.3 Å². The molecule has 1 amide bonds. The minimum atomic E-state index is 0.0228. The first-order valence-corrected chi connectivity index (χ1v) is 11.7. The fraction of sp³-hybridized carbons (Fsp3) is 0.333. The van der Waals surface area contributed by atoms with Gasteiger partial charge in [-0.2, -0.15) is 0 Å². The summed E-state index contributed by atoms with van der Waals surface area (Å²) in [6.45, 7) is 2.72. The fourth-order valence-electron chi connectivity index (χ4n) is 4.23. The van der Waals surface area contributed by atoms with Crippen LogP contribution in [-0.4, -0.2) is 56.5 Å². The number of hydrogen-bond acceptors (Lipinski definition) is 5. The normalized spacial score (nSPS) is 14.3. The predicted molar refractivity (Wildman–Crippen MR) is 138 cm³/mol. The molecule has 0 saturated carbocycles. The number of amides is 1. The van der Waals surface area contributed by atoms with Crippen LogP contribution in [-0.2, 0) is 11.3 Å². The summed E-state index contributed by atoms with van der Waals surface area (Å²) in [5.74, 6) is 0.898. The lowest BCUT2D eigenvalue weighted by atomic mass is 10.0. The highest BCUT2D eigenvalue weighted by Gasteiger charge is 2.19. The SMILES string of the molecule is CN(C)CC(=O)N(Cc1ccc2ccc(C(=N)N)cc2c1)c1ccc(OC2CCNCC2)cc1. The number of carbonyl (C=O) groups excluding carboxylic acids is 1. The second kappa shape index (κ2) is 10.7. The number of ether oxygens (including phenoxy) is 1. The van der Waals surface area contributed by atoms with Crippen LogP contribution in [0.3, 0.4) is 0 Å². The van der Waals surface area contributed by atoms with Gasteiger partial charge in [-0.1, -0.05) is 24.3 Å².